The molecule has 0 unspecified atom stereocenters. The van der Waals surface area contributed by atoms with Crippen LogP contribution in [0.5, 0.6) is 0 Å². The largest absolute Gasteiger partial charge is 0.277 e. The van der Waals surface area contributed by atoms with Crippen LogP contribution in [0.3, 0.4) is 0 Å². The zero-order valence-electron chi connectivity index (χ0n) is 8.77. The van der Waals surface area contributed by atoms with E-state index in [9.17, 15) is 0 Å². The lowest BCUT2D eigenvalue weighted by atomic mass is 10.3. The molecule has 0 fully saturated rings. The van der Waals surface area contributed by atoms with Gasteiger partial charge >= 0.3 is 0 Å². The molecular formula is C12H9Cl2N3. The number of halogens is 2. The summed E-state index contributed by atoms with van der Waals surface area (Å²) >= 11 is 11.8. The average Bonchev–Trinajstić information content (AvgIpc) is 2.33. The Hall–Kier alpha value is -1.58. The predicted molar refractivity (Wildman–Crippen MR) is 71.9 cm³/mol. The molecule has 1 N–H and O–H groups in total. The molecule has 0 bridgehead atoms. The molecule has 0 amide bonds. The molecule has 0 aliphatic carbocycles. The fourth-order valence-corrected chi connectivity index (χ4v) is 1.65. The molecule has 86 valence electrons. The van der Waals surface area contributed by atoms with E-state index in [0.717, 1.165) is 5.69 Å². The summed E-state index contributed by atoms with van der Waals surface area (Å²) in [5, 5.41) is 5.15. The van der Waals surface area contributed by atoms with Crippen molar-refractivity contribution in [2.24, 2.45) is 5.10 Å². The van der Waals surface area contributed by atoms with Gasteiger partial charge in [0.1, 0.15) is 0 Å². The minimum absolute atomic E-state index is 0.524. The van der Waals surface area contributed by atoms with Crippen LogP contribution >= 0.6 is 23.2 Å². The molecule has 0 saturated heterocycles. The topological polar surface area (TPSA) is 37.3 Å². The second-order valence-electron chi connectivity index (χ2n) is 3.25. The van der Waals surface area contributed by atoms with Crippen molar-refractivity contribution in [3.05, 3.63) is 58.3 Å². The first kappa shape index (κ1) is 11.9. The molecule has 0 aliphatic heterocycles. The lowest BCUT2D eigenvalue weighted by Crippen LogP contribution is -1.92. The molecule has 0 spiro atoms. The normalized spacial score (nSPS) is 10.7. The highest BCUT2D eigenvalue weighted by atomic mass is 35.5. The third-order valence-corrected chi connectivity index (χ3v) is 2.55. The highest BCUT2D eigenvalue weighted by Crippen LogP contribution is 2.25. The molecule has 2 aromatic rings. The van der Waals surface area contributed by atoms with Gasteiger partial charge in [0, 0.05) is 11.2 Å². The maximum Gasteiger partial charge on any atom is 0.0830 e. The number of hydrogen-bond donors (Lipinski definition) is 1. The van der Waals surface area contributed by atoms with Crippen LogP contribution in [0.4, 0.5) is 5.69 Å². The first-order valence-corrected chi connectivity index (χ1v) is 5.66. The molecule has 3 nitrogen and oxygen atoms in total. The molecule has 5 heteroatoms. The fourth-order valence-electron chi connectivity index (χ4n) is 1.20. The summed E-state index contributed by atoms with van der Waals surface area (Å²) in [4.78, 5) is 4.10. The summed E-state index contributed by atoms with van der Waals surface area (Å²) in [7, 11) is 0. The van der Waals surface area contributed by atoms with Gasteiger partial charge < -0.3 is 0 Å². The van der Waals surface area contributed by atoms with Gasteiger partial charge in [-0.2, -0.15) is 5.10 Å². The number of hydrazone groups is 1. The zero-order chi connectivity index (χ0) is 12.1. The first-order valence-electron chi connectivity index (χ1n) is 4.91. The van der Waals surface area contributed by atoms with Gasteiger partial charge in [0.25, 0.3) is 0 Å². The van der Waals surface area contributed by atoms with Gasteiger partial charge in [0.15, 0.2) is 0 Å². The van der Waals surface area contributed by atoms with E-state index in [4.69, 9.17) is 23.2 Å². The summed E-state index contributed by atoms with van der Waals surface area (Å²) < 4.78 is 0. The van der Waals surface area contributed by atoms with Gasteiger partial charge in [-0.25, -0.2) is 0 Å². The second kappa shape index (κ2) is 5.66. The maximum absolute atomic E-state index is 5.97. The van der Waals surface area contributed by atoms with Gasteiger partial charge in [-0.15, -0.1) is 0 Å². The van der Waals surface area contributed by atoms with Gasteiger partial charge in [-0.3, -0.25) is 10.4 Å². The van der Waals surface area contributed by atoms with E-state index in [1.807, 2.05) is 18.2 Å². The molecule has 1 heterocycles. The summed E-state index contributed by atoms with van der Waals surface area (Å²) in [6.07, 6.45) is 3.32. The molecule has 2 rings (SSSR count). The number of pyridine rings is 1. The van der Waals surface area contributed by atoms with Crippen molar-refractivity contribution in [3.63, 3.8) is 0 Å². The zero-order valence-corrected chi connectivity index (χ0v) is 10.3. The molecule has 17 heavy (non-hydrogen) atoms. The van der Waals surface area contributed by atoms with Crippen molar-refractivity contribution in [2.45, 2.75) is 0 Å². The Bertz CT molecular complexity index is 527. The number of anilines is 1. The lowest BCUT2D eigenvalue weighted by Gasteiger charge is -2.02. The van der Waals surface area contributed by atoms with Crippen molar-refractivity contribution < 1.29 is 0 Å². The van der Waals surface area contributed by atoms with Crippen LogP contribution in [0.2, 0.25) is 10.0 Å². The minimum atomic E-state index is 0.524. The van der Waals surface area contributed by atoms with E-state index in [-0.39, 0.29) is 0 Å². The molecular weight excluding hydrogens is 257 g/mol. The highest BCUT2D eigenvalue weighted by Gasteiger charge is 1.98. The Morgan fingerprint density at radius 1 is 1.18 bits per heavy atom. The monoisotopic (exact) mass is 265 g/mol. The SMILES string of the molecule is Clc1ccc(N/N=C\c2ccccn2)c(Cl)c1. The Morgan fingerprint density at radius 3 is 2.76 bits per heavy atom. The smallest absolute Gasteiger partial charge is 0.0830 e. The minimum Gasteiger partial charge on any atom is -0.277 e. The molecule has 0 atom stereocenters. The standard InChI is InChI=1S/C12H9Cl2N3/c13-9-4-5-12(11(14)7-9)17-16-8-10-3-1-2-6-15-10/h1-8,17H/b16-8-. The van der Waals surface area contributed by atoms with Gasteiger partial charge in [-0.05, 0) is 30.3 Å². The van der Waals surface area contributed by atoms with Gasteiger partial charge in [-0.1, -0.05) is 29.3 Å². The van der Waals surface area contributed by atoms with Crippen LogP contribution < -0.4 is 5.43 Å². The van der Waals surface area contributed by atoms with E-state index in [1.54, 1.807) is 30.6 Å². The Balaban J connectivity index is 2.05. The number of rotatable bonds is 3. The van der Waals surface area contributed by atoms with Crippen molar-refractivity contribution >= 4 is 35.1 Å². The Kier molecular flexibility index (Phi) is 3.96. The Labute approximate surface area is 109 Å². The van der Waals surface area contributed by atoms with Crippen LogP contribution in [-0.4, -0.2) is 11.2 Å². The predicted octanol–water partition coefficient (Wildman–Crippen LogP) is 3.83. The summed E-state index contributed by atoms with van der Waals surface area (Å²) in [6, 6.07) is 10.8. The van der Waals surface area contributed by atoms with E-state index < -0.39 is 0 Å². The molecule has 1 aromatic heterocycles. The van der Waals surface area contributed by atoms with E-state index >= 15 is 0 Å². The number of aromatic nitrogens is 1. The van der Waals surface area contributed by atoms with Crippen molar-refractivity contribution in [1.82, 2.24) is 4.98 Å². The van der Waals surface area contributed by atoms with Crippen molar-refractivity contribution in [3.8, 4) is 0 Å². The third kappa shape index (κ3) is 3.44. The second-order valence-corrected chi connectivity index (χ2v) is 4.09. The van der Waals surface area contributed by atoms with E-state index in [0.29, 0.717) is 15.7 Å². The third-order valence-electron chi connectivity index (χ3n) is 2.00. The quantitative estimate of drug-likeness (QED) is 0.677. The molecule has 0 saturated carbocycles. The number of benzene rings is 1. The molecule has 0 aliphatic rings. The number of hydrogen-bond acceptors (Lipinski definition) is 3. The van der Waals surface area contributed by atoms with Crippen LogP contribution in [0.25, 0.3) is 0 Å². The van der Waals surface area contributed by atoms with E-state index in [1.165, 1.54) is 0 Å². The van der Waals surface area contributed by atoms with Gasteiger partial charge in [0.05, 0.1) is 22.6 Å². The fraction of sp³-hybridized carbons (Fsp3) is 0. The van der Waals surface area contributed by atoms with Crippen molar-refractivity contribution in [2.75, 3.05) is 5.43 Å². The molecule has 1 aromatic carbocycles. The summed E-state index contributed by atoms with van der Waals surface area (Å²) in [5.74, 6) is 0. The van der Waals surface area contributed by atoms with Gasteiger partial charge in [0.2, 0.25) is 0 Å². The summed E-state index contributed by atoms with van der Waals surface area (Å²) in [6.45, 7) is 0. The number of nitrogens with one attached hydrogen (secondary N) is 1. The van der Waals surface area contributed by atoms with Crippen LogP contribution in [0, 0.1) is 0 Å². The molecule has 0 radical (unpaired) electrons. The summed E-state index contributed by atoms with van der Waals surface area (Å²) in [5.41, 5.74) is 4.29. The van der Waals surface area contributed by atoms with Crippen molar-refractivity contribution in [1.29, 1.82) is 0 Å². The van der Waals surface area contributed by atoms with Crippen LogP contribution in [0.1, 0.15) is 5.69 Å². The lowest BCUT2D eigenvalue weighted by molar-refractivity contribution is 1.28. The maximum atomic E-state index is 5.97. The number of nitrogens with zero attached hydrogens (tertiary/aromatic N) is 2. The Morgan fingerprint density at radius 2 is 2.06 bits per heavy atom. The first-order chi connectivity index (χ1) is 8.25. The highest BCUT2D eigenvalue weighted by molar-refractivity contribution is 6.36. The average molecular weight is 266 g/mol. The van der Waals surface area contributed by atoms with E-state index in [2.05, 4.69) is 15.5 Å². The van der Waals surface area contributed by atoms with Crippen LogP contribution in [0.15, 0.2) is 47.7 Å². The van der Waals surface area contributed by atoms with Crippen LogP contribution in [-0.2, 0) is 0 Å².